The normalized spacial score (nSPS) is 10.5. The SMILES string of the molecule is CCc1cc(C(=O)N(CC)CCC(=O)O)n(CC)n1. The Kier molecular flexibility index (Phi) is 5.54. The molecule has 0 unspecified atom stereocenters. The first-order valence-corrected chi connectivity index (χ1v) is 6.61. The molecule has 0 bridgehead atoms. The highest BCUT2D eigenvalue weighted by atomic mass is 16.4. The van der Waals surface area contributed by atoms with E-state index in [1.165, 1.54) is 4.90 Å². The van der Waals surface area contributed by atoms with Crippen molar-refractivity contribution in [3.8, 4) is 0 Å². The molecule has 0 atom stereocenters. The van der Waals surface area contributed by atoms with E-state index in [4.69, 9.17) is 5.11 Å². The summed E-state index contributed by atoms with van der Waals surface area (Å²) in [6.45, 7) is 7.09. The molecule has 0 spiro atoms. The molecule has 6 heteroatoms. The third-order valence-electron chi connectivity index (χ3n) is 2.98. The lowest BCUT2D eigenvalue weighted by molar-refractivity contribution is -0.137. The fraction of sp³-hybridized carbons (Fsp3) is 0.615. The number of nitrogens with zero attached hydrogens (tertiary/aromatic N) is 3. The molecule has 0 saturated carbocycles. The van der Waals surface area contributed by atoms with E-state index in [0.29, 0.717) is 18.8 Å². The zero-order valence-corrected chi connectivity index (χ0v) is 11.7. The van der Waals surface area contributed by atoms with Crippen molar-refractivity contribution in [1.29, 1.82) is 0 Å². The van der Waals surface area contributed by atoms with Crippen LogP contribution in [0.15, 0.2) is 6.07 Å². The molecule has 1 aromatic heterocycles. The third kappa shape index (κ3) is 3.81. The minimum absolute atomic E-state index is 0.0412. The molecular formula is C13H21N3O3. The van der Waals surface area contributed by atoms with Crippen molar-refractivity contribution in [2.24, 2.45) is 0 Å². The quantitative estimate of drug-likeness (QED) is 0.810. The third-order valence-corrected chi connectivity index (χ3v) is 2.98. The van der Waals surface area contributed by atoms with E-state index in [2.05, 4.69) is 5.10 Å². The Morgan fingerprint density at radius 1 is 1.37 bits per heavy atom. The van der Waals surface area contributed by atoms with Crippen LogP contribution in [0.5, 0.6) is 0 Å². The summed E-state index contributed by atoms with van der Waals surface area (Å²) in [6.07, 6.45) is 0.731. The molecule has 6 nitrogen and oxygen atoms in total. The fourth-order valence-corrected chi connectivity index (χ4v) is 1.85. The molecule has 1 rings (SSSR count). The van der Waals surface area contributed by atoms with Gasteiger partial charge in [0.2, 0.25) is 0 Å². The fourth-order valence-electron chi connectivity index (χ4n) is 1.85. The Hall–Kier alpha value is -1.85. The lowest BCUT2D eigenvalue weighted by Crippen LogP contribution is -2.34. The molecule has 19 heavy (non-hydrogen) atoms. The van der Waals surface area contributed by atoms with Gasteiger partial charge in [-0.25, -0.2) is 0 Å². The van der Waals surface area contributed by atoms with Crippen LogP contribution in [0.25, 0.3) is 0 Å². The van der Waals surface area contributed by atoms with Crippen LogP contribution in [0.1, 0.15) is 43.4 Å². The minimum atomic E-state index is -0.899. The highest BCUT2D eigenvalue weighted by Gasteiger charge is 2.20. The van der Waals surface area contributed by atoms with Crippen LogP contribution < -0.4 is 0 Å². The maximum absolute atomic E-state index is 12.4. The number of aliphatic carboxylic acids is 1. The van der Waals surface area contributed by atoms with Gasteiger partial charge < -0.3 is 10.0 Å². The van der Waals surface area contributed by atoms with Crippen molar-refractivity contribution in [3.05, 3.63) is 17.5 Å². The summed E-state index contributed by atoms with van der Waals surface area (Å²) in [5.41, 5.74) is 1.41. The molecule has 0 aliphatic carbocycles. The zero-order valence-electron chi connectivity index (χ0n) is 11.7. The van der Waals surface area contributed by atoms with Gasteiger partial charge >= 0.3 is 5.97 Å². The van der Waals surface area contributed by atoms with Crippen LogP contribution in [0.3, 0.4) is 0 Å². The van der Waals surface area contributed by atoms with Crippen molar-refractivity contribution < 1.29 is 14.7 Å². The second kappa shape index (κ2) is 6.92. The lowest BCUT2D eigenvalue weighted by Gasteiger charge is -2.20. The van der Waals surface area contributed by atoms with Gasteiger partial charge in [0.25, 0.3) is 5.91 Å². The second-order valence-corrected chi connectivity index (χ2v) is 4.22. The maximum Gasteiger partial charge on any atom is 0.305 e. The van der Waals surface area contributed by atoms with E-state index < -0.39 is 5.97 Å². The standard InChI is InChI=1S/C13H21N3O3/c1-4-10-9-11(16(6-3)14-10)13(19)15(5-2)8-7-12(17)18/h9H,4-8H2,1-3H3,(H,17,18). The predicted molar refractivity (Wildman–Crippen MR) is 71.1 cm³/mol. The molecule has 1 amide bonds. The molecule has 0 fully saturated rings. The van der Waals surface area contributed by atoms with Crippen molar-refractivity contribution in [3.63, 3.8) is 0 Å². The predicted octanol–water partition coefficient (Wildman–Crippen LogP) is 1.40. The number of amides is 1. The number of hydrogen-bond acceptors (Lipinski definition) is 3. The van der Waals surface area contributed by atoms with Crippen molar-refractivity contribution >= 4 is 11.9 Å². The number of carbonyl (C=O) groups is 2. The van der Waals surface area contributed by atoms with E-state index in [-0.39, 0.29) is 18.9 Å². The first-order valence-electron chi connectivity index (χ1n) is 6.61. The van der Waals surface area contributed by atoms with Gasteiger partial charge in [0.15, 0.2) is 0 Å². The Balaban J connectivity index is 2.89. The summed E-state index contributed by atoms with van der Waals surface area (Å²) < 4.78 is 1.67. The van der Waals surface area contributed by atoms with Crippen LogP contribution in [-0.2, 0) is 17.8 Å². The number of carboxylic acids is 1. The van der Waals surface area contributed by atoms with E-state index in [1.54, 1.807) is 10.7 Å². The Morgan fingerprint density at radius 2 is 2.05 bits per heavy atom. The summed E-state index contributed by atoms with van der Waals surface area (Å²) in [4.78, 5) is 24.5. The monoisotopic (exact) mass is 267 g/mol. The zero-order chi connectivity index (χ0) is 14.4. The van der Waals surface area contributed by atoms with E-state index in [1.807, 2.05) is 20.8 Å². The van der Waals surface area contributed by atoms with Crippen molar-refractivity contribution in [2.45, 2.75) is 40.2 Å². The van der Waals surface area contributed by atoms with Gasteiger partial charge in [-0.2, -0.15) is 5.10 Å². The Morgan fingerprint density at radius 3 is 2.53 bits per heavy atom. The highest BCUT2D eigenvalue weighted by Crippen LogP contribution is 2.09. The smallest absolute Gasteiger partial charge is 0.305 e. The number of aryl methyl sites for hydroxylation is 2. The van der Waals surface area contributed by atoms with Gasteiger partial charge in [0.1, 0.15) is 5.69 Å². The molecule has 1 N–H and O–H groups in total. The molecule has 0 aliphatic rings. The van der Waals surface area contributed by atoms with Crippen LogP contribution in [-0.4, -0.2) is 44.8 Å². The number of carboxylic acid groups (broad SMARTS) is 1. The molecule has 0 aromatic carbocycles. The van der Waals surface area contributed by atoms with Gasteiger partial charge in [-0.3, -0.25) is 14.3 Å². The van der Waals surface area contributed by atoms with E-state index in [0.717, 1.165) is 12.1 Å². The first-order chi connectivity index (χ1) is 9.03. The largest absolute Gasteiger partial charge is 0.481 e. The summed E-state index contributed by atoms with van der Waals surface area (Å²) in [6, 6.07) is 1.79. The van der Waals surface area contributed by atoms with Crippen LogP contribution in [0, 0.1) is 0 Å². The Labute approximate surface area is 113 Å². The van der Waals surface area contributed by atoms with Crippen LogP contribution in [0.2, 0.25) is 0 Å². The first kappa shape index (κ1) is 15.2. The van der Waals surface area contributed by atoms with Crippen LogP contribution >= 0.6 is 0 Å². The maximum atomic E-state index is 12.4. The van der Waals surface area contributed by atoms with Gasteiger partial charge in [-0.15, -0.1) is 0 Å². The topological polar surface area (TPSA) is 75.4 Å². The highest BCUT2D eigenvalue weighted by molar-refractivity contribution is 5.93. The van der Waals surface area contributed by atoms with Gasteiger partial charge in [0, 0.05) is 19.6 Å². The number of hydrogen-bond donors (Lipinski definition) is 1. The van der Waals surface area contributed by atoms with Crippen LogP contribution in [0.4, 0.5) is 0 Å². The van der Waals surface area contributed by atoms with Gasteiger partial charge in [-0.1, -0.05) is 6.92 Å². The number of carbonyl (C=O) groups excluding carboxylic acids is 1. The Bertz CT molecular complexity index is 454. The number of rotatable bonds is 7. The van der Waals surface area contributed by atoms with Gasteiger partial charge in [0.05, 0.1) is 12.1 Å². The molecule has 0 aliphatic heterocycles. The summed E-state index contributed by atoms with van der Waals surface area (Å²) in [7, 11) is 0. The average molecular weight is 267 g/mol. The molecule has 0 saturated heterocycles. The second-order valence-electron chi connectivity index (χ2n) is 4.22. The van der Waals surface area contributed by atoms with Crippen molar-refractivity contribution in [2.75, 3.05) is 13.1 Å². The van der Waals surface area contributed by atoms with Gasteiger partial charge in [-0.05, 0) is 26.3 Å². The summed E-state index contributed by atoms with van der Waals surface area (Å²) in [5, 5.41) is 13.0. The molecule has 106 valence electrons. The lowest BCUT2D eigenvalue weighted by atomic mass is 10.2. The van der Waals surface area contributed by atoms with Crippen molar-refractivity contribution in [1.82, 2.24) is 14.7 Å². The average Bonchev–Trinajstić information content (AvgIpc) is 2.82. The summed E-state index contributed by atoms with van der Waals surface area (Å²) in [5.74, 6) is -1.05. The van der Waals surface area contributed by atoms with E-state index >= 15 is 0 Å². The minimum Gasteiger partial charge on any atom is -0.481 e. The summed E-state index contributed by atoms with van der Waals surface area (Å²) >= 11 is 0. The molecular weight excluding hydrogens is 246 g/mol. The van der Waals surface area contributed by atoms with E-state index in [9.17, 15) is 9.59 Å². The molecule has 1 aromatic rings. The number of aromatic nitrogens is 2. The molecule has 0 radical (unpaired) electrons. The molecule has 1 heterocycles.